The number of carbonyl (C=O) groups excluding carboxylic acids is 2. The zero-order valence-electron chi connectivity index (χ0n) is 11.9. The molecular weight excluding hydrogens is 262 g/mol. The summed E-state index contributed by atoms with van der Waals surface area (Å²) in [4.78, 5) is 23.6. The van der Waals surface area contributed by atoms with Gasteiger partial charge in [-0.3, -0.25) is 9.59 Å². The molecule has 3 rings (SSSR count). The molecule has 1 aromatic rings. The fourth-order valence-corrected chi connectivity index (χ4v) is 2.86. The smallest absolute Gasteiger partial charge is 0.217 e. The largest absolute Gasteiger partial charge is 0.346 e. The van der Waals surface area contributed by atoms with E-state index in [1.165, 1.54) is 6.92 Å². The average molecular weight is 279 g/mol. The highest BCUT2D eigenvalue weighted by Crippen LogP contribution is 2.33. The van der Waals surface area contributed by atoms with Crippen LogP contribution in [0.1, 0.15) is 25.3 Å². The number of ketones is 1. The van der Waals surface area contributed by atoms with Crippen LogP contribution in [-0.4, -0.2) is 17.7 Å². The van der Waals surface area contributed by atoms with Gasteiger partial charge in [-0.1, -0.05) is 42.5 Å². The van der Waals surface area contributed by atoms with Crippen LogP contribution >= 0.6 is 0 Å². The summed E-state index contributed by atoms with van der Waals surface area (Å²) >= 11 is 0. The van der Waals surface area contributed by atoms with E-state index in [1.807, 2.05) is 36.4 Å². The zero-order valence-corrected chi connectivity index (χ0v) is 11.9. The van der Waals surface area contributed by atoms with Crippen LogP contribution in [0, 0.1) is 0 Å². The zero-order chi connectivity index (χ0) is 14.8. The predicted molar refractivity (Wildman–Crippen MR) is 82.4 cm³/mol. The van der Waals surface area contributed by atoms with Crippen LogP contribution in [0.25, 0.3) is 5.57 Å². The minimum Gasteiger partial charge on any atom is -0.346 e. The second-order valence-corrected chi connectivity index (χ2v) is 5.37. The SMILES string of the molecule is CC(=O)N[C@H]1CC2=CCC=C(c3ccccc3)C=C2C1=O. The van der Waals surface area contributed by atoms with E-state index in [4.69, 9.17) is 0 Å². The highest BCUT2D eigenvalue weighted by molar-refractivity contribution is 6.10. The van der Waals surface area contributed by atoms with Crippen molar-refractivity contribution in [2.24, 2.45) is 0 Å². The van der Waals surface area contributed by atoms with Crippen molar-refractivity contribution >= 4 is 17.3 Å². The van der Waals surface area contributed by atoms with E-state index in [2.05, 4.69) is 17.5 Å². The van der Waals surface area contributed by atoms with E-state index < -0.39 is 6.04 Å². The van der Waals surface area contributed by atoms with Crippen LogP contribution < -0.4 is 5.32 Å². The van der Waals surface area contributed by atoms with Gasteiger partial charge in [-0.15, -0.1) is 0 Å². The Morgan fingerprint density at radius 2 is 1.95 bits per heavy atom. The Kier molecular flexibility index (Phi) is 3.57. The number of carbonyl (C=O) groups is 2. The number of rotatable bonds is 2. The standard InChI is InChI=1S/C18H17NO2/c1-12(20)19-17-11-15-9-5-8-14(10-16(15)18(17)21)13-6-3-2-4-7-13/h2-4,6-10,17H,5,11H2,1H3,(H,19,20)/t17-/m0/s1. The number of allylic oxidation sites excluding steroid dienone is 4. The maximum absolute atomic E-state index is 12.5. The summed E-state index contributed by atoms with van der Waals surface area (Å²) < 4.78 is 0. The molecule has 2 aliphatic carbocycles. The molecule has 0 heterocycles. The van der Waals surface area contributed by atoms with Gasteiger partial charge in [0.15, 0.2) is 5.78 Å². The summed E-state index contributed by atoms with van der Waals surface area (Å²) in [5, 5.41) is 2.73. The number of benzene rings is 1. The highest BCUT2D eigenvalue weighted by atomic mass is 16.2. The van der Waals surface area contributed by atoms with Crippen LogP contribution in [0.15, 0.2) is 59.7 Å². The molecular formula is C18H17NO2. The summed E-state index contributed by atoms with van der Waals surface area (Å²) in [6.45, 7) is 1.44. The molecule has 3 heteroatoms. The van der Waals surface area contributed by atoms with Crippen molar-refractivity contribution in [1.82, 2.24) is 5.32 Å². The highest BCUT2D eigenvalue weighted by Gasteiger charge is 2.34. The molecule has 0 unspecified atom stereocenters. The molecule has 0 aliphatic heterocycles. The number of hydrogen-bond acceptors (Lipinski definition) is 2. The lowest BCUT2D eigenvalue weighted by Gasteiger charge is -2.07. The van der Waals surface area contributed by atoms with Crippen LogP contribution in [0.5, 0.6) is 0 Å². The summed E-state index contributed by atoms with van der Waals surface area (Å²) in [5.41, 5.74) is 3.95. The van der Waals surface area contributed by atoms with Crippen LogP contribution in [-0.2, 0) is 9.59 Å². The third-order valence-corrected chi connectivity index (χ3v) is 3.84. The fraction of sp³-hybridized carbons (Fsp3) is 0.222. The van der Waals surface area contributed by atoms with Crippen molar-refractivity contribution in [3.63, 3.8) is 0 Å². The molecule has 1 fully saturated rings. The van der Waals surface area contributed by atoms with Crippen LogP contribution in [0.2, 0.25) is 0 Å². The lowest BCUT2D eigenvalue weighted by Crippen LogP contribution is -2.36. The Hall–Kier alpha value is -2.42. The number of fused-ring (bicyclic) bond motifs is 1. The number of Topliss-reactive ketones (excluding diaryl/α,β-unsaturated/α-hetero) is 1. The second-order valence-electron chi connectivity index (χ2n) is 5.37. The number of hydrogen-bond donors (Lipinski definition) is 1. The van der Waals surface area contributed by atoms with Crippen molar-refractivity contribution < 1.29 is 9.59 Å². The third kappa shape index (κ3) is 2.72. The molecule has 0 spiro atoms. The van der Waals surface area contributed by atoms with Gasteiger partial charge in [0.2, 0.25) is 5.91 Å². The van der Waals surface area contributed by atoms with Crippen molar-refractivity contribution in [3.8, 4) is 0 Å². The summed E-state index contributed by atoms with van der Waals surface area (Å²) in [5.74, 6) is -0.148. The van der Waals surface area contributed by atoms with Crippen LogP contribution in [0.4, 0.5) is 0 Å². The van der Waals surface area contributed by atoms with E-state index in [0.717, 1.165) is 28.7 Å². The summed E-state index contributed by atoms with van der Waals surface area (Å²) in [6, 6.07) is 9.63. The Bertz CT molecular complexity index is 680. The van der Waals surface area contributed by atoms with E-state index in [9.17, 15) is 9.59 Å². The molecule has 2 aliphatic rings. The van der Waals surface area contributed by atoms with Gasteiger partial charge in [0.05, 0.1) is 6.04 Å². The maximum atomic E-state index is 12.5. The predicted octanol–water partition coefficient (Wildman–Crippen LogP) is 2.80. The van der Waals surface area contributed by atoms with E-state index in [0.29, 0.717) is 6.42 Å². The Morgan fingerprint density at radius 3 is 2.67 bits per heavy atom. The van der Waals surface area contributed by atoms with Gasteiger partial charge < -0.3 is 5.32 Å². The monoisotopic (exact) mass is 279 g/mol. The normalized spacial score (nSPS) is 20.9. The minimum absolute atomic E-state index is 0.0141. The van der Waals surface area contributed by atoms with Crippen molar-refractivity contribution in [2.75, 3.05) is 0 Å². The van der Waals surface area contributed by atoms with Crippen LogP contribution in [0.3, 0.4) is 0 Å². The van der Waals surface area contributed by atoms with E-state index in [-0.39, 0.29) is 11.7 Å². The lowest BCUT2D eigenvalue weighted by atomic mass is 10.0. The molecule has 1 atom stereocenters. The molecule has 0 bridgehead atoms. The van der Waals surface area contributed by atoms with Gasteiger partial charge in [0, 0.05) is 18.9 Å². The fourth-order valence-electron chi connectivity index (χ4n) is 2.86. The molecule has 0 saturated heterocycles. The molecule has 1 saturated carbocycles. The summed E-state index contributed by atoms with van der Waals surface area (Å²) in [7, 11) is 0. The first-order valence-corrected chi connectivity index (χ1v) is 7.13. The van der Waals surface area contributed by atoms with Gasteiger partial charge in [-0.2, -0.15) is 0 Å². The number of amides is 1. The van der Waals surface area contributed by atoms with Crippen molar-refractivity contribution in [2.45, 2.75) is 25.8 Å². The van der Waals surface area contributed by atoms with Crippen molar-refractivity contribution in [3.05, 3.63) is 65.3 Å². The van der Waals surface area contributed by atoms with E-state index in [1.54, 1.807) is 0 Å². The third-order valence-electron chi connectivity index (χ3n) is 3.84. The molecule has 0 radical (unpaired) electrons. The molecule has 0 aromatic heterocycles. The molecule has 1 aromatic carbocycles. The molecule has 1 amide bonds. The van der Waals surface area contributed by atoms with E-state index >= 15 is 0 Å². The molecule has 106 valence electrons. The molecule has 1 N–H and O–H groups in total. The van der Waals surface area contributed by atoms with Gasteiger partial charge in [0.1, 0.15) is 0 Å². The number of nitrogens with one attached hydrogen (secondary N) is 1. The first-order chi connectivity index (χ1) is 10.1. The Labute approximate surface area is 124 Å². The summed E-state index contributed by atoms with van der Waals surface area (Å²) in [6.07, 6.45) is 7.58. The molecule has 3 nitrogen and oxygen atoms in total. The van der Waals surface area contributed by atoms with Gasteiger partial charge in [-0.05, 0) is 29.2 Å². The van der Waals surface area contributed by atoms with Gasteiger partial charge >= 0.3 is 0 Å². The minimum atomic E-state index is -0.407. The van der Waals surface area contributed by atoms with Crippen molar-refractivity contribution in [1.29, 1.82) is 0 Å². The van der Waals surface area contributed by atoms with Gasteiger partial charge in [0.25, 0.3) is 0 Å². The average Bonchev–Trinajstić information content (AvgIpc) is 2.66. The second kappa shape index (κ2) is 5.52. The topological polar surface area (TPSA) is 46.2 Å². The van der Waals surface area contributed by atoms with Gasteiger partial charge in [-0.25, -0.2) is 0 Å². The Balaban J connectivity index is 1.93. The first-order valence-electron chi connectivity index (χ1n) is 7.13. The molecule has 21 heavy (non-hydrogen) atoms. The Morgan fingerprint density at radius 1 is 1.19 bits per heavy atom. The lowest BCUT2D eigenvalue weighted by molar-refractivity contribution is -0.124. The first kappa shape index (κ1) is 13.6. The quantitative estimate of drug-likeness (QED) is 0.905. The maximum Gasteiger partial charge on any atom is 0.217 e.